The predicted molar refractivity (Wildman–Crippen MR) is 76.5 cm³/mol. The zero-order valence-corrected chi connectivity index (χ0v) is 12.3. The lowest BCUT2D eigenvalue weighted by atomic mass is 9.91. The Morgan fingerprint density at radius 1 is 1.53 bits per heavy atom. The standard InChI is InChI=1S/C14H18BrNO3/c15-13-7-5-12(19-13)6-8-14(18)16(9-2-10-17)11-3-1-4-11/h5-8,11,17H,1-4,9-10H2/b8-6+. The van der Waals surface area contributed by atoms with Gasteiger partial charge in [-0.05, 0) is 59.8 Å². The number of aliphatic hydroxyl groups is 1. The van der Waals surface area contributed by atoms with Crippen molar-refractivity contribution in [2.75, 3.05) is 13.2 Å². The van der Waals surface area contributed by atoms with Crippen LogP contribution in [-0.4, -0.2) is 35.1 Å². The van der Waals surface area contributed by atoms with Gasteiger partial charge in [0.2, 0.25) is 5.91 Å². The zero-order valence-electron chi connectivity index (χ0n) is 10.7. The summed E-state index contributed by atoms with van der Waals surface area (Å²) in [5.41, 5.74) is 0. The first-order valence-corrected chi connectivity index (χ1v) is 7.35. The monoisotopic (exact) mass is 327 g/mol. The second-order valence-electron chi connectivity index (χ2n) is 4.67. The van der Waals surface area contributed by atoms with Crippen molar-refractivity contribution in [1.29, 1.82) is 0 Å². The Morgan fingerprint density at radius 3 is 2.84 bits per heavy atom. The number of carbonyl (C=O) groups is 1. The summed E-state index contributed by atoms with van der Waals surface area (Å²) in [6, 6.07) is 3.93. The summed E-state index contributed by atoms with van der Waals surface area (Å²) in [7, 11) is 0. The van der Waals surface area contributed by atoms with Gasteiger partial charge in [-0.1, -0.05) is 0 Å². The van der Waals surface area contributed by atoms with Crippen LogP contribution < -0.4 is 0 Å². The molecule has 0 aliphatic heterocycles. The van der Waals surface area contributed by atoms with E-state index in [4.69, 9.17) is 9.52 Å². The Kier molecular flexibility index (Phi) is 5.22. The van der Waals surface area contributed by atoms with Crippen molar-refractivity contribution >= 4 is 27.9 Å². The largest absolute Gasteiger partial charge is 0.450 e. The molecule has 1 fully saturated rings. The highest BCUT2D eigenvalue weighted by molar-refractivity contribution is 9.10. The smallest absolute Gasteiger partial charge is 0.246 e. The fourth-order valence-electron chi connectivity index (χ4n) is 2.08. The molecule has 104 valence electrons. The van der Waals surface area contributed by atoms with Crippen LogP contribution in [0.2, 0.25) is 0 Å². The van der Waals surface area contributed by atoms with Gasteiger partial charge in [-0.3, -0.25) is 4.79 Å². The van der Waals surface area contributed by atoms with Crippen molar-refractivity contribution < 1.29 is 14.3 Å². The minimum Gasteiger partial charge on any atom is -0.450 e. The molecule has 0 radical (unpaired) electrons. The van der Waals surface area contributed by atoms with E-state index in [-0.39, 0.29) is 12.5 Å². The van der Waals surface area contributed by atoms with E-state index in [1.807, 2.05) is 4.90 Å². The van der Waals surface area contributed by atoms with E-state index in [0.29, 0.717) is 29.4 Å². The second kappa shape index (κ2) is 6.91. The average Bonchev–Trinajstić information content (AvgIpc) is 2.75. The van der Waals surface area contributed by atoms with Crippen molar-refractivity contribution in [2.45, 2.75) is 31.7 Å². The van der Waals surface area contributed by atoms with Crippen LogP contribution in [0.4, 0.5) is 0 Å². The summed E-state index contributed by atoms with van der Waals surface area (Å²) < 4.78 is 5.96. The van der Waals surface area contributed by atoms with Gasteiger partial charge in [0.15, 0.2) is 4.67 Å². The molecule has 1 amide bonds. The maximum absolute atomic E-state index is 12.2. The highest BCUT2D eigenvalue weighted by Crippen LogP contribution is 2.25. The third-order valence-electron chi connectivity index (χ3n) is 3.34. The van der Waals surface area contributed by atoms with Crippen molar-refractivity contribution in [3.05, 3.63) is 28.6 Å². The number of rotatable bonds is 6. The second-order valence-corrected chi connectivity index (χ2v) is 5.45. The number of halogens is 1. The first-order valence-electron chi connectivity index (χ1n) is 6.55. The Bertz CT molecular complexity index is 451. The van der Waals surface area contributed by atoms with Crippen molar-refractivity contribution in [1.82, 2.24) is 4.90 Å². The molecule has 0 atom stereocenters. The number of nitrogens with zero attached hydrogens (tertiary/aromatic N) is 1. The van der Waals surface area contributed by atoms with Crippen LogP contribution in [0.1, 0.15) is 31.4 Å². The van der Waals surface area contributed by atoms with Gasteiger partial charge in [-0.15, -0.1) is 0 Å². The third-order valence-corrected chi connectivity index (χ3v) is 3.77. The van der Waals surface area contributed by atoms with Crippen LogP contribution in [0.3, 0.4) is 0 Å². The highest BCUT2D eigenvalue weighted by Gasteiger charge is 2.27. The fourth-order valence-corrected chi connectivity index (χ4v) is 2.40. The van der Waals surface area contributed by atoms with Crippen molar-refractivity contribution in [3.8, 4) is 0 Å². The minimum absolute atomic E-state index is 0.00864. The molecule has 1 aliphatic carbocycles. The van der Waals surface area contributed by atoms with Gasteiger partial charge in [0, 0.05) is 25.3 Å². The maximum atomic E-state index is 12.2. The van der Waals surface area contributed by atoms with E-state index in [1.165, 1.54) is 6.42 Å². The molecule has 0 unspecified atom stereocenters. The summed E-state index contributed by atoms with van der Waals surface area (Å²) >= 11 is 3.22. The van der Waals surface area contributed by atoms with E-state index in [0.717, 1.165) is 12.8 Å². The molecule has 1 N–H and O–H groups in total. The molecular weight excluding hydrogens is 310 g/mol. The van der Waals surface area contributed by atoms with Crippen LogP contribution in [-0.2, 0) is 4.79 Å². The molecule has 1 aromatic heterocycles. The molecule has 2 rings (SSSR count). The molecule has 1 saturated carbocycles. The Balaban J connectivity index is 1.96. The molecule has 0 bridgehead atoms. The van der Waals surface area contributed by atoms with Crippen LogP contribution >= 0.6 is 15.9 Å². The molecule has 1 aromatic rings. The molecule has 0 aromatic carbocycles. The number of amides is 1. The van der Waals surface area contributed by atoms with Crippen molar-refractivity contribution in [2.24, 2.45) is 0 Å². The summed E-state index contributed by atoms with van der Waals surface area (Å²) in [5, 5.41) is 8.90. The molecule has 0 saturated heterocycles. The van der Waals surface area contributed by atoms with E-state index >= 15 is 0 Å². The molecule has 4 nitrogen and oxygen atoms in total. The Morgan fingerprint density at radius 2 is 2.32 bits per heavy atom. The summed E-state index contributed by atoms with van der Waals surface area (Å²) in [6.45, 7) is 0.734. The van der Waals surface area contributed by atoms with Gasteiger partial charge in [-0.2, -0.15) is 0 Å². The third kappa shape index (κ3) is 3.94. The topological polar surface area (TPSA) is 53.7 Å². The van der Waals surface area contributed by atoms with E-state index in [9.17, 15) is 4.79 Å². The number of furan rings is 1. The van der Waals surface area contributed by atoms with Crippen LogP contribution in [0.15, 0.2) is 27.3 Å². The number of carbonyl (C=O) groups excluding carboxylic acids is 1. The first-order chi connectivity index (χ1) is 9.20. The van der Waals surface area contributed by atoms with Gasteiger partial charge < -0.3 is 14.4 Å². The summed E-state index contributed by atoms with van der Waals surface area (Å²) in [6.07, 6.45) is 7.16. The SMILES string of the molecule is O=C(/C=C/c1ccc(Br)o1)N(CCCO)C1CCC1. The quantitative estimate of drug-likeness (QED) is 0.817. The molecule has 1 heterocycles. The lowest BCUT2D eigenvalue weighted by Gasteiger charge is -2.37. The molecule has 0 spiro atoms. The van der Waals surface area contributed by atoms with E-state index in [2.05, 4.69) is 15.9 Å². The molecule has 19 heavy (non-hydrogen) atoms. The number of aliphatic hydroxyl groups excluding tert-OH is 1. The van der Waals surface area contributed by atoms with Crippen molar-refractivity contribution in [3.63, 3.8) is 0 Å². The highest BCUT2D eigenvalue weighted by atomic mass is 79.9. The van der Waals surface area contributed by atoms with E-state index in [1.54, 1.807) is 24.3 Å². The minimum atomic E-state index is -0.00864. The molecule has 5 heteroatoms. The van der Waals surface area contributed by atoms with Gasteiger partial charge in [0.25, 0.3) is 0 Å². The van der Waals surface area contributed by atoms with Gasteiger partial charge in [-0.25, -0.2) is 0 Å². The van der Waals surface area contributed by atoms with Gasteiger partial charge >= 0.3 is 0 Å². The normalized spacial score (nSPS) is 15.7. The Hall–Kier alpha value is -1.07. The molecular formula is C14H18BrNO3. The summed E-state index contributed by atoms with van der Waals surface area (Å²) in [4.78, 5) is 14.0. The van der Waals surface area contributed by atoms with Crippen LogP contribution in [0.25, 0.3) is 6.08 Å². The van der Waals surface area contributed by atoms with Gasteiger partial charge in [0.1, 0.15) is 5.76 Å². The number of hydrogen-bond acceptors (Lipinski definition) is 3. The van der Waals surface area contributed by atoms with Gasteiger partial charge in [0.05, 0.1) is 0 Å². The summed E-state index contributed by atoms with van der Waals surface area (Å²) in [5.74, 6) is 0.640. The maximum Gasteiger partial charge on any atom is 0.246 e. The van der Waals surface area contributed by atoms with Crippen LogP contribution in [0.5, 0.6) is 0 Å². The zero-order chi connectivity index (χ0) is 13.7. The lowest BCUT2D eigenvalue weighted by Crippen LogP contribution is -2.44. The lowest BCUT2D eigenvalue weighted by molar-refractivity contribution is -0.130. The fraction of sp³-hybridized carbons (Fsp3) is 0.500. The average molecular weight is 328 g/mol. The predicted octanol–water partition coefficient (Wildman–Crippen LogP) is 2.82. The van der Waals surface area contributed by atoms with E-state index < -0.39 is 0 Å². The Labute approximate surface area is 121 Å². The number of hydrogen-bond donors (Lipinski definition) is 1. The van der Waals surface area contributed by atoms with Crippen LogP contribution in [0, 0.1) is 0 Å². The first kappa shape index (κ1) is 14.3. The molecule has 1 aliphatic rings.